The van der Waals surface area contributed by atoms with E-state index < -0.39 is 15.6 Å². The van der Waals surface area contributed by atoms with Crippen molar-refractivity contribution in [2.75, 3.05) is 5.88 Å². The van der Waals surface area contributed by atoms with Gasteiger partial charge >= 0.3 is 0 Å². The number of nitrogens with one attached hydrogen (secondary N) is 1. The van der Waals surface area contributed by atoms with Crippen LogP contribution in [0.2, 0.25) is 0 Å². The summed E-state index contributed by atoms with van der Waals surface area (Å²) in [5, 5.41) is 3.65. The van der Waals surface area contributed by atoms with Crippen molar-refractivity contribution >= 4 is 21.6 Å². The van der Waals surface area contributed by atoms with E-state index in [0.29, 0.717) is 11.5 Å². The lowest BCUT2D eigenvalue weighted by molar-refractivity contribution is 0.252. The lowest BCUT2D eigenvalue weighted by Crippen LogP contribution is -2.54. The molecule has 96 valence electrons. The van der Waals surface area contributed by atoms with E-state index in [2.05, 4.69) is 9.88 Å². The molecule has 1 saturated carbocycles. The van der Waals surface area contributed by atoms with Gasteiger partial charge in [-0.15, -0.1) is 11.6 Å². The van der Waals surface area contributed by atoms with Crippen LogP contribution in [0.15, 0.2) is 9.42 Å². The molecule has 1 aromatic heterocycles. The second kappa shape index (κ2) is 4.26. The van der Waals surface area contributed by atoms with Crippen LogP contribution in [0.1, 0.15) is 30.7 Å². The molecular weight excluding hydrogens is 264 g/mol. The van der Waals surface area contributed by atoms with Crippen LogP contribution in [0.4, 0.5) is 0 Å². The van der Waals surface area contributed by atoms with Gasteiger partial charge in [0.1, 0.15) is 10.6 Å². The first-order chi connectivity index (χ1) is 7.90. The minimum absolute atomic E-state index is 0.133. The molecule has 1 aliphatic rings. The maximum Gasteiger partial charge on any atom is 0.246 e. The molecule has 2 rings (SSSR count). The zero-order valence-corrected chi connectivity index (χ0v) is 11.4. The van der Waals surface area contributed by atoms with E-state index in [-0.39, 0.29) is 10.8 Å². The number of alkyl halides is 1. The van der Waals surface area contributed by atoms with Gasteiger partial charge in [0.05, 0.1) is 0 Å². The topological polar surface area (TPSA) is 72.2 Å². The zero-order valence-electron chi connectivity index (χ0n) is 9.79. The van der Waals surface area contributed by atoms with E-state index in [9.17, 15) is 8.42 Å². The second-order valence-corrected chi connectivity index (χ2v) is 6.41. The van der Waals surface area contributed by atoms with Gasteiger partial charge < -0.3 is 4.52 Å². The van der Waals surface area contributed by atoms with Gasteiger partial charge in [-0.05, 0) is 33.1 Å². The molecule has 0 spiro atoms. The molecule has 0 radical (unpaired) electrons. The Balaban J connectivity index is 2.31. The Labute approximate surface area is 106 Å². The Hall–Kier alpha value is -0.590. The Bertz CT molecular complexity index is 495. The molecule has 1 aromatic rings. The van der Waals surface area contributed by atoms with E-state index >= 15 is 0 Å². The van der Waals surface area contributed by atoms with E-state index in [1.807, 2.05) is 0 Å². The summed E-state index contributed by atoms with van der Waals surface area (Å²) in [5.74, 6) is 0.592. The fraction of sp³-hybridized carbons (Fsp3) is 0.700. The third-order valence-electron chi connectivity index (χ3n) is 3.15. The number of rotatable bonds is 4. The van der Waals surface area contributed by atoms with Gasteiger partial charge in [0.25, 0.3) is 0 Å². The first-order valence-electron chi connectivity index (χ1n) is 5.43. The molecule has 0 aromatic carbocycles. The monoisotopic (exact) mass is 278 g/mol. The molecule has 17 heavy (non-hydrogen) atoms. The van der Waals surface area contributed by atoms with Gasteiger partial charge in [-0.25, -0.2) is 13.1 Å². The summed E-state index contributed by atoms with van der Waals surface area (Å²) in [4.78, 5) is 0.133. The maximum absolute atomic E-state index is 12.2. The van der Waals surface area contributed by atoms with Crippen molar-refractivity contribution < 1.29 is 12.9 Å². The van der Waals surface area contributed by atoms with Crippen LogP contribution in [0.5, 0.6) is 0 Å². The Kier molecular flexibility index (Phi) is 3.22. The molecule has 0 unspecified atom stereocenters. The standard InChI is InChI=1S/C10H15ClN2O3S/c1-7-9(8(2)16-12-7)17(14,15)13-10(6-11)4-3-5-10/h13H,3-6H2,1-2H3. The number of aromatic nitrogens is 1. The van der Waals surface area contributed by atoms with Crippen molar-refractivity contribution in [1.82, 2.24) is 9.88 Å². The lowest BCUT2D eigenvalue weighted by atomic mass is 9.79. The van der Waals surface area contributed by atoms with Gasteiger partial charge in [0, 0.05) is 11.4 Å². The van der Waals surface area contributed by atoms with Crippen molar-refractivity contribution in [3.8, 4) is 0 Å². The normalized spacial score (nSPS) is 19.0. The Morgan fingerprint density at radius 2 is 2.12 bits per heavy atom. The van der Waals surface area contributed by atoms with Crippen LogP contribution in [-0.2, 0) is 10.0 Å². The third kappa shape index (κ3) is 2.21. The highest BCUT2D eigenvalue weighted by atomic mass is 35.5. The predicted octanol–water partition coefficient (Wildman–Crippen LogP) is 1.73. The first-order valence-corrected chi connectivity index (χ1v) is 7.45. The molecule has 0 saturated heterocycles. The summed E-state index contributed by atoms with van der Waals surface area (Å²) in [7, 11) is -3.60. The Morgan fingerprint density at radius 3 is 2.47 bits per heavy atom. The van der Waals surface area contributed by atoms with Crippen molar-refractivity contribution in [1.29, 1.82) is 0 Å². The minimum Gasteiger partial charge on any atom is -0.360 e. The second-order valence-electron chi connectivity index (χ2n) is 4.53. The van der Waals surface area contributed by atoms with Gasteiger partial charge in [0.2, 0.25) is 10.0 Å². The summed E-state index contributed by atoms with van der Waals surface area (Å²) in [6.45, 7) is 3.20. The zero-order chi connectivity index (χ0) is 12.7. The molecule has 0 bridgehead atoms. The van der Waals surface area contributed by atoms with Crippen molar-refractivity contribution in [3.63, 3.8) is 0 Å². The molecular formula is C10H15ClN2O3S. The number of hydrogen-bond donors (Lipinski definition) is 1. The van der Waals surface area contributed by atoms with E-state index in [0.717, 1.165) is 19.3 Å². The highest BCUT2D eigenvalue weighted by molar-refractivity contribution is 7.89. The van der Waals surface area contributed by atoms with Gasteiger partial charge in [0.15, 0.2) is 5.76 Å². The highest BCUT2D eigenvalue weighted by Crippen LogP contribution is 2.35. The molecule has 1 fully saturated rings. The van der Waals surface area contributed by atoms with E-state index in [1.165, 1.54) is 0 Å². The van der Waals surface area contributed by atoms with Crippen LogP contribution in [0.3, 0.4) is 0 Å². The fourth-order valence-electron chi connectivity index (χ4n) is 2.06. The molecule has 5 nitrogen and oxygen atoms in total. The van der Waals surface area contributed by atoms with Gasteiger partial charge in [-0.3, -0.25) is 0 Å². The highest BCUT2D eigenvalue weighted by Gasteiger charge is 2.41. The average molecular weight is 279 g/mol. The summed E-state index contributed by atoms with van der Waals surface area (Å²) < 4.78 is 32.0. The molecule has 0 atom stereocenters. The Morgan fingerprint density at radius 1 is 1.47 bits per heavy atom. The van der Waals surface area contributed by atoms with Crippen LogP contribution < -0.4 is 4.72 Å². The minimum atomic E-state index is -3.60. The lowest BCUT2D eigenvalue weighted by Gasteiger charge is -2.40. The van der Waals surface area contributed by atoms with E-state index in [1.54, 1.807) is 13.8 Å². The first kappa shape index (κ1) is 12.9. The quantitative estimate of drug-likeness (QED) is 0.852. The average Bonchev–Trinajstić information content (AvgIpc) is 2.53. The van der Waals surface area contributed by atoms with E-state index in [4.69, 9.17) is 16.1 Å². The molecule has 1 N–H and O–H groups in total. The van der Waals surface area contributed by atoms with Crippen LogP contribution in [0, 0.1) is 13.8 Å². The molecule has 1 aliphatic carbocycles. The number of halogens is 1. The summed E-state index contributed by atoms with van der Waals surface area (Å²) in [6, 6.07) is 0. The number of aryl methyl sites for hydroxylation is 2. The van der Waals surface area contributed by atoms with Gasteiger partial charge in [-0.2, -0.15) is 0 Å². The van der Waals surface area contributed by atoms with Gasteiger partial charge in [-0.1, -0.05) is 5.16 Å². The summed E-state index contributed by atoms with van der Waals surface area (Å²) >= 11 is 5.84. The predicted molar refractivity (Wildman–Crippen MR) is 63.6 cm³/mol. The number of hydrogen-bond acceptors (Lipinski definition) is 4. The SMILES string of the molecule is Cc1noc(C)c1S(=O)(=O)NC1(CCl)CCC1. The van der Waals surface area contributed by atoms with Crippen molar-refractivity contribution in [2.24, 2.45) is 0 Å². The third-order valence-corrected chi connectivity index (χ3v) is 5.49. The largest absolute Gasteiger partial charge is 0.360 e. The maximum atomic E-state index is 12.2. The number of nitrogens with zero attached hydrogens (tertiary/aromatic N) is 1. The molecule has 0 aliphatic heterocycles. The molecule has 0 amide bonds. The smallest absolute Gasteiger partial charge is 0.246 e. The molecule has 7 heteroatoms. The summed E-state index contributed by atoms with van der Waals surface area (Å²) in [6.07, 6.45) is 2.55. The molecule has 1 heterocycles. The number of sulfonamides is 1. The van der Waals surface area contributed by atoms with Crippen molar-refractivity contribution in [2.45, 2.75) is 43.5 Å². The van der Waals surface area contributed by atoms with Crippen LogP contribution in [0.25, 0.3) is 0 Å². The van der Waals surface area contributed by atoms with Crippen LogP contribution in [-0.4, -0.2) is 25.0 Å². The summed E-state index contributed by atoms with van der Waals surface area (Å²) in [5.41, 5.74) is -0.115. The van der Waals surface area contributed by atoms with Crippen LogP contribution >= 0.6 is 11.6 Å². The fourth-order valence-corrected chi connectivity index (χ4v) is 4.26. The van der Waals surface area contributed by atoms with Crippen molar-refractivity contribution in [3.05, 3.63) is 11.5 Å².